The van der Waals surface area contributed by atoms with Gasteiger partial charge in [-0.15, -0.1) is 11.6 Å². The summed E-state index contributed by atoms with van der Waals surface area (Å²) in [6.07, 6.45) is -0.229. The zero-order chi connectivity index (χ0) is 9.61. The molecule has 0 amide bonds. The highest BCUT2D eigenvalue weighted by atomic mass is 35.5. The van der Waals surface area contributed by atoms with Crippen molar-refractivity contribution in [1.82, 2.24) is 4.72 Å². The van der Waals surface area contributed by atoms with Gasteiger partial charge in [-0.3, -0.25) is 0 Å². The second kappa shape index (κ2) is 5.75. The third-order valence-electron chi connectivity index (χ3n) is 1.15. The van der Waals surface area contributed by atoms with Gasteiger partial charge in [0.2, 0.25) is 10.0 Å². The number of sulfonamides is 1. The molecule has 0 aliphatic carbocycles. The van der Waals surface area contributed by atoms with E-state index in [1.54, 1.807) is 0 Å². The molecule has 0 saturated carbocycles. The molecule has 0 aromatic carbocycles. The Morgan fingerprint density at radius 1 is 1.58 bits per heavy atom. The smallest absolute Gasteiger partial charge is 0.211 e. The Kier molecular flexibility index (Phi) is 5.82. The van der Waals surface area contributed by atoms with Gasteiger partial charge < -0.3 is 5.11 Å². The molecule has 0 bridgehead atoms. The number of aliphatic hydroxyl groups is 1. The summed E-state index contributed by atoms with van der Waals surface area (Å²) < 4.78 is 24.3. The van der Waals surface area contributed by atoms with Crippen molar-refractivity contribution < 1.29 is 13.5 Å². The molecular weight excluding hydrogens is 202 g/mol. The maximum absolute atomic E-state index is 11.0. The van der Waals surface area contributed by atoms with E-state index in [2.05, 4.69) is 4.72 Å². The number of rotatable bonds is 6. The molecular formula is C6H14ClNO3S. The summed E-state index contributed by atoms with van der Waals surface area (Å²) in [5.74, 6) is 0.346. The minimum absolute atomic E-state index is 0.0171. The lowest BCUT2D eigenvalue weighted by Gasteiger charge is -2.06. The first kappa shape index (κ1) is 12.2. The van der Waals surface area contributed by atoms with Crippen LogP contribution in [0.5, 0.6) is 0 Å². The summed E-state index contributed by atoms with van der Waals surface area (Å²) in [6, 6.07) is 0. The van der Waals surface area contributed by atoms with Crippen molar-refractivity contribution in [3.63, 3.8) is 0 Å². The Balaban J connectivity index is 3.73. The van der Waals surface area contributed by atoms with Crippen molar-refractivity contribution in [3.8, 4) is 0 Å². The molecule has 4 nitrogen and oxygen atoms in total. The van der Waals surface area contributed by atoms with E-state index in [-0.39, 0.29) is 12.3 Å². The molecule has 0 fully saturated rings. The average molecular weight is 216 g/mol. The van der Waals surface area contributed by atoms with Crippen LogP contribution in [0.25, 0.3) is 0 Å². The van der Waals surface area contributed by atoms with Gasteiger partial charge in [0.05, 0.1) is 11.9 Å². The molecule has 0 aromatic heterocycles. The Hall–Kier alpha value is 0.160. The van der Waals surface area contributed by atoms with Gasteiger partial charge in [0.1, 0.15) is 0 Å². The molecule has 12 heavy (non-hydrogen) atoms. The highest BCUT2D eigenvalue weighted by Gasteiger charge is 2.09. The number of nitrogens with one attached hydrogen (secondary N) is 1. The predicted molar refractivity (Wildman–Crippen MR) is 48.8 cm³/mol. The summed E-state index contributed by atoms with van der Waals surface area (Å²) in [4.78, 5) is 0. The van der Waals surface area contributed by atoms with E-state index >= 15 is 0 Å². The second-order valence-electron chi connectivity index (χ2n) is 2.56. The van der Waals surface area contributed by atoms with Crippen LogP contribution in [0.1, 0.15) is 13.3 Å². The predicted octanol–water partition coefficient (Wildman–Crippen LogP) is -0.0845. The number of aliphatic hydroxyl groups excluding tert-OH is 1. The van der Waals surface area contributed by atoms with Gasteiger partial charge in [-0.05, 0) is 13.3 Å². The lowest BCUT2D eigenvalue weighted by Crippen LogP contribution is -2.32. The van der Waals surface area contributed by atoms with E-state index in [0.717, 1.165) is 0 Å². The first-order valence-electron chi connectivity index (χ1n) is 3.69. The summed E-state index contributed by atoms with van der Waals surface area (Å²) in [5, 5.41) is 8.79. The third-order valence-corrected chi connectivity index (χ3v) is 2.85. The first-order chi connectivity index (χ1) is 5.48. The minimum Gasteiger partial charge on any atom is -0.392 e. The normalized spacial score (nSPS) is 14.6. The Morgan fingerprint density at radius 2 is 2.17 bits per heavy atom. The summed E-state index contributed by atoms with van der Waals surface area (Å²) in [5.41, 5.74) is 0. The standard InChI is InChI=1S/C6H14ClNO3S/c1-6(9)5-8-12(10,11)4-2-3-7/h6,8-9H,2-5H2,1H3. The van der Waals surface area contributed by atoms with E-state index in [1.165, 1.54) is 6.92 Å². The second-order valence-corrected chi connectivity index (χ2v) is 4.86. The van der Waals surface area contributed by atoms with Crippen LogP contribution in [0.3, 0.4) is 0 Å². The van der Waals surface area contributed by atoms with Gasteiger partial charge in [-0.2, -0.15) is 0 Å². The average Bonchev–Trinajstić information content (AvgIpc) is 1.98. The van der Waals surface area contributed by atoms with Crippen molar-refractivity contribution in [3.05, 3.63) is 0 Å². The maximum atomic E-state index is 11.0. The van der Waals surface area contributed by atoms with Crippen LogP contribution in [-0.2, 0) is 10.0 Å². The Labute approximate surface area is 78.0 Å². The fourth-order valence-corrected chi connectivity index (χ4v) is 2.02. The van der Waals surface area contributed by atoms with Crippen LogP contribution in [-0.4, -0.2) is 37.8 Å². The molecule has 1 unspecified atom stereocenters. The highest BCUT2D eigenvalue weighted by molar-refractivity contribution is 7.89. The minimum atomic E-state index is -3.23. The molecule has 2 N–H and O–H groups in total. The number of hydrogen-bond donors (Lipinski definition) is 2. The number of halogens is 1. The molecule has 6 heteroatoms. The van der Waals surface area contributed by atoms with Crippen molar-refractivity contribution in [1.29, 1.82) is 0 Å². The summed E-state index contributed by atoms with van der Waals surface area (Å²) in [7, 11) is -3.23. The molecule has 0 heterocycles. The maximum Gasteiger partial charge on any atom is 0.211 e. The molecule has 1 atom stereocenters. The summed E-state index contributed by atoms with van der Waals surface area (Å²) >= 11 is 5.33. The SMILES string of the molecule is CC(O)CNS(=O)(=O)CCCCl. The zero-order valence-electron chi connectivity index (χ0n) is 6.96. The number of hydrogen-bond acceptors (Lipinski definition) is 3. The lowest BCUT2D eigenvalue weighted by molar-refractivity contribution is 0.198. The monoisotopic (exact) mass is 215 g/mol. The van der Waals surface area contributed by atoms with Crippen LogP contribution in [0.15, 0.2) is 0 Å². The van der Waals surface area contributed by atoms with Crippen LogP contribution in [0, 0.1) is 0 Å². The van der Waals surface area contributed by atoms with Crippen molar-refractivity contribution in [2.24, 2.45) is 0 Å². The summed E-state index contributed by atoms with van der Waals surface area (Å²) in [6.45, 7) is 1.58. The molecule has 0 saturated heterocycles. The molecule has 0 aromatic rings. The molecule has 0 rings (SSSR count). The highest BCUT2D eigenvalue weighted by Crippen LogP contribution is 1.92. The van der Waals surface area contributed by atoms with Crippen molar-refractivity contribution in [2.45, 2.75) is 19.4 Å². The van der Waals surface area contributed by atoms with E-state index in [4.69, 9.17) is 16.7 Å². The van der Waals surface area contributed by atoms with Crippen molar-refractivity contribution >= 4 is 21.6 Å². The topological polar surface area (TPSA) is 66.4 Å². The molecule has 0 spiro atoms. The quantitative estimate of drug-likeness (QED) is 0.609. The molecule has 0 aliphatic heterocycles. The van der Waals surface area contributed by atoms with E-state index < -0.39 is 16.1 Å². The fourth-order valence-electron chi connectivity index (χ4n) is 0.564. The number of alkyl halides is 1. The van der Waals surface area contributed by atoms with Crippen molar-refractivity contribution in [2.75, 3.05) is 18.2 Å². The van der Waals surface area contributed by atoms with Crippen LogP contribution >= 0.6 is 11.6 Å². The van der Waals surface area contributed by atoms with Crippen LogP contribution < -0.4 is 4.72 Å². The van der Waals surface area contributed by atoms with Gasteiger partial charge in [0, 0.05) is 12.4 Å². The van der Waals surface area contributed by atoms with Gasteiger partial charge in [-0.1, -0.05) is 0 Å². The van der Waals surface area contributed by atoms with E-state index in [9.17, 15) is 8.42 Å². The van der Waals surface area contributed by atoms with Gasteiger partial charge in [0.25, 0.3) is 0 Å². The van der Waals surface area contributed by atoms with E-state index in [1.807, 2.05) is 0 Å². The molecule has 0 radical (unpaired) electrons. The molecule has 0 aliphatic rings. The van der Waals surface area contributed by atoms with Crippen LogP contribution in [0.4, 0.5) is 0 Å². The van der Waals surface area contributed by atoms with Gasteiger partial charge in [-0.25, -0.2) is 13.1 Å². The Bertz CT molecular complexity index is 203. The zero-order valence-corrected chi connectivity index (χ0v) is 8.53. The largest absolute Gasteiger partial charge is 0.392 e. The van der Waals surface area contributed by atoms with E-state index in [0.29, 0.717) is 12.3 Å². The molecule has 74 valence electrons. The Morgan fingerprint density at radius 3 is 2.58 bits per heavy atom. The fraction of sp³-hybridized carbons (Fsp3) is 1.00. The lowest BCUT2D eigenvalue weighted by atomic mass is 10.4. The van der Waals surface area contributed by atoms with Crippen LogP contribution in [0.2, 0.25) is 0 Å². The van der Waals surface area contributed by atoms with Gasteiger partial charge in [0.15, 0.2) is 0 Å². The first-order valence-corrected chi connectivity index (χ1v) is 5.88. The third kappa shape index (κ3) is 6.84. The van der Waals surface area contributed by atoms with Gasteiger partial charge >= 0.3 is 0 Å².